The lowest BCUT2D eigenvalue weighted by Gasteiger charge is -2.20. The van der Waals surface area contributed by atoms with E-state index in [9.17, 15) is 4.79 Å². The largest absolute Gasteiger partial charge is 0.349 e. The second-order valence-corrected chi connectivity index (χ2v) is 4.24. The van der Waals surface area contributed by atoms with E-state index in [-0.39, 0.29) is 5.91 Å². The molecular formula is C10H14N4O. The van der Waals surface area contributed by atoms with Crippen LogP contribution in [0.15, 0.2) is 0 Å². The Balaban J connectivity index is 2.11. The van der Waals surface area contributed by atoms with Crippen molar-refractivity contribution in [2.75, 3.05) is 6.54 Å². The molecule has 2 aliphatic heterocycles. The number of nitrogens with zero attached hydrogens (tertiary/aromatic N) is 2. The highest BCUT2D eigenvalue weighted by Crippen LogP contribution is 2.21. The van der Waals surface area contributed by atoms with Crippen molar-refractivity contribution in [1.82, 2.24) is 20.4 Å². The van der Waals surface area contributed by atoms with Crippen LogP contribution in [0.3, 0.4) is 0 Å². The van der Waals surface area contributed by atoms with E-state index < -0.39 is 0 Å². The van der Waals surface area contributed by atoms with E-state index in [0.29, 0.717) is 12.6 Å². The molecule has 3 rings (SSSR count). The highest BCUT2D eigenvalue weighted by Gasteiger charge is 2.28. The van der Waals surface area contributed by atoms with Gasteiger partial charge in [0.05, 0.1) is 12.2 Å². The first-order valence-corrected chi connectivity index (χ1v) is 5.36. The highest BCUT2D eigenvalue weighted by atomic mass is 16.2. The summed E-state index contributed by atoms with van der Waals surface area (Å²) in [6.07, 6.45) is 0.919. The van der Waals surface area contributed by atoms with E-state index in [1.54, 1.807) is 0 Å². The predicted octanol–water partition coefficient (Wildman–Crippen LogP) is -0.339. The van der Waals surface area contributed by atoms with Crippen molar-refractivity contribution in [3.63, 3.8) is 0 Å². The third kappa shape index (κ3) is 1.26. The number of carbonyl (C=O) groups is 1. The number of amides is 1. The van der Waals surface area contributed by atoms with Gasteiger partial charge in [0.2, 0.25) is 0 Å². The molecule has 0 radical (unpaired) electrons. The van der Waals surface area contributed by atoms with Gasteiger partial charge in [-0.25, -0.2) is 0 Å². The van der Waals surface area contributed by atoms with Crippen LogP contribution in [0.5, 0.6) is 0 Å². The molecule has 1 aromatic rings. The summed E-state index contributed by atoms with van der Waals surface area (Å²) in [5.74, 6) is 0.0198. The fourth-order valence-corrected chi connectivity index (χ4v) is 2.31. The minimum Gasteiger partial charge on any atom is -0.349 e. The maximum atomic E-state index is 11.7. The van der Waals surface area contributed by atoms with Crippen LogP contribution >= 0.6 is 0 Å². The monoisotopic (exact) mass is 206 g/mol. The lowest BCUT2D eigenvalue weighted by atomic mass is 10.0. The Morgan fingerprint density at radius 3 is 3.27 bits per heavy atom. The smallest absolute Gasteiger partial charge is 0.269 e. The maximum Gasteiger partial charge on any atom is 0.269 e. The molecule has 1 atom stereocenters. The van der Waals surface area contributed by atoms with E-state index in [4.69, 9.17) is 0 Å². The van der Waals surface area contributed by atoms with E-state index in [1.807, 2.05) is 4.68 Å². The summed E-state index contributed by atoms with van der Waals surface area (Å²) in [6.45, 7) is 4.39. The van der Waals surface area contributed by atoms with Crippen LogP contribution < -0.4 is 10.6 Å². The van der Waals surface area contributed by atoms with Crippen molar-refractivity contribution in [3.8, 4) is 0 Å². The molecule has 5 nitrogen and oxygen atoms in total. The normalized spacial score (nSPS) is 24.3. The Labute approximate surface area is 87.8 Å². The van der Waals surface area contributed by atoms with Gasteiger partial charge in [-0.2, -0.15) is 5.10 Å². The van der Waals surface area contributed by atoms with Gasteiger partial charge in [-0.15, -0.1) is 0 Å². The number of fused-ring (bicyclic) bond motifs is 3. The topological polar surface area (TPSA) is 59.0 Å². The molecule has 2 N–H and O–H groups in total. The van der Waals surface area contributed by atoms with Gasteiger partial charge in [-0.1, -0.05) is 0 Å². The lowest BCUT2D eigenvalue weighted by Crippen LogP contribution is -2.37. The van der Waals surface area contributed by atoms with Gasteiger partial charge in [-0.3, -0.25) is 9.48 Å². The molecule has 2 aliphatic rings. The molecule has 0 unspecified atom stereocenters. The molecule has 0 saturated heterocycles. The van der Waals surface area contributed by atoms with E-state index in [2.05, 4.69) is 22.7 Å². The summed E-state index contributed by atoms with van der Waals surface area (Å²) in [6, 6.07) is 0.456. The van der Waals surface area contributed by atoms with Crippen molar-refractivity contribution < 1.29 is 4.79 Å². The minimum absolute atomic E-state index is 0.0198. The first kappa shape index (κ1) is 8.91. The fourth-order valence-electron chi connectivity index (χ4n) is 2.31. The molecule has 5 heteroatoms. The molecule has 0 saturated carbocycles. The lowest BCUT2D eigenvalue weighted by molar-refractivity contribution is 0.0923. The van der Waals surface area contributed by atoms with Crippen LogP contribution in [0.4, 0.5) is 0 Å². The molecule has 0 aliphatic carbocycles. The molecule has 0 bridgehead atoms. The van der Waals surface area contributed by atoms with Crippen molar-refractivity contribution in [1.29, 1.82) is 0 Å². The van der Waals surface area contributed by atoms with Gasteiger partial charge < -0.3 is 10.6 Å². The van der Waals surface area contributed by atoms with E-state index in [1.165, 1.54) is 0 Å². The predicted molar refractivity (Wildman–Crippen MR) is 54.6 cm³/mol. The Bertz CT molecular complexity index is 423. The van der Waals surface area contributed by atoms with Crippen LogP contribution in [0.1, 0.15) is 28.7 Å². The zero-order valence-electron chi connectivity index (χ0n) is 8.71. The first-order valence-electron chi connectivity index (χ1n) is 5.36. The third-order valence-electron chi connectivity index (χ3n) is 3.08. The molecule has 1 aromatic heterocycles. The van der Waals surface area contributed by atoms with E-state index >= 15 is 0 Å². The van der Waals surface area contributed by atoms with Gasteiger partial charge in [0.15, 0.2) is 0 Å². The standard InChI is InChI=1S/C10H14N4O/c1-6-4-8-7(5-12-6)9-10(15)11-2-3-14(9)13-8/h6,12H,2-5H2,1H3,(H,11,15)/t6-/m1/s1. The number of rotatable bonds is 0. The van der Waals surface area contributed by atoms with Crippen molar-refractivity contribution in [2.24, 2.45) is 0 Å². The summed E-state index contributed by atoms with van der Waals surface area (Å²) >= 11 is 0. The van der Waals surface area contributed by atoms with Crippen LogP contribution in [-0.2, 0) is 19.5 Å². The summed E-state index contributed by atoms with van der Waals surface area (Å²) in [7, 11) is 0. The number of aromatic nitrogens is 2. The Morgan fingerprint density at radius 1 is 1.53 bits per heavy atom. The zero-order chi connectivity index (χ0) is 10.4. The number of nitrogens with one attached hydrogen (secondary N) is 2. The van der Waals surface area contributed by atoms with Crippen LogP contribution in [0.25, 0.3) is 0 Å². The molecule has 0 aromatic carbocycles. The summed E-state index contributed by atoms with van der Waals surface area (Å²) in [4.78, 5) is 11.7. The second-order valence-electron chi connectivity index (χ2n) is 4.24. The fraction of sp³-hybridized carbons (Fsp3) is 0.600. The van der Waals surface area contributed by atoms with Gasteiger partial charge in [0.1, 0.15) is 5.69 Å². The molecule has 3 heterocycles. The quantitative estimate of drug-likeness (QED) is 0.610. The Kier molecular flexibility index (Phi) is 1.82. The summed E-state index contributed by atoms with van der Waals surface area (Å²) in [5.41, 5.74) is 2.94. The van der Waals surface area contributed by atoms with E-state index in [0.717, 1.165) is 36.5 Å². The van der Waals surface area contributed by atoms with Gasteiger partial charge in [0.25, 0.3) is 5.91 Å². The summed E-state index contributed by atoms with van der Waals surface area (Å²) < 4.78 is 1.85. The van der Waals surface area contributed by atoms with Gasteiger partial charge in [-0.05, 0) is 6.92 Å². The Hall–Kier alpha value is -1.36. The van der Waals surface area contributed by atoms with Crippen molar-refractivity contribution >= 4 is 5.91 Å². The number of hydrogen-bond acceptors (Lipinski definition) is 3. The zero-order valence-corrected chi connectivity index (χ0v) is 8.71. The highest BCUT2D eigenvalue weighted by molar-refractivity contribution is 5.94. The number of carbonyl (C=O) groups excluding carboxylic acids is 1. The molecule has 1 amide bonds. The van der Waals surface area contributed by atoms with Crippen LogP contribution in [-0.4, -0.2) is 28.3 Å². The molecule has 0 fully saturated rings. The SMILES string of the molecule is C[C@@H]1Cc2nn3c(c2CN1)C(=O)NCC3. The second kappa shape index (κ2) is 3.06. The van der Waals surface area contributed by atoms with Gasteiger partial charge >= 0.3 is 0 Å². The molecular weight excluding hydrogens is 192 g/mol. The third-order valence-corrected chi connectivity index (χ3v) is 3.08. The van der Waals surface area contributed by atoms with Crippen molar-refractivity contribution in [3.05, 3.63) is 17.0 Å². The number of hydrogen-bond donors (Lipinski definition) is 2. The van der Waals surface area contributed by atoms with Crippen LogP contribution in [0.2, 0.25) is 0 Å². The minimum atomic E-state index is 0.0198. The van der Waals surface area contributed by atoms with Crippen molar-refractivity contribution in [2.45, 2.75) is 32.5 Å². The Morgan fingerprint density at radius 2 is 2.40 bits per heavy atom. The average molecular weight is 206 g/mol. The van der Waals surface area contributed by atoms with Gasteiger partial charge in [0, 0.05) is 31.1 Å². The summed E-state index contributed by atoms with van der Waals surface area (Å²) in [5, 5.41) is 10.7. The van der Waals surface area contributed by atoms with Crippen LogP contribution in [0, 0.1) is 0 Å². The maximum absolute atomic E-state index is 11.7. The molecule has 80 valence electrons. The molecule has 0 spiro atoms. The average Bonchev–Trinajstić information content (AvgIpc) is 2.56. The first-order chi connectivity index (χ1) is 7.25. The molecule has 15 heavy (non-hydrogen) atoms.